The van der Waals surface area contributed by atoms with Gasteiger partial charge >= 0.3 is 0 Å². The van der Waals surface area contributed by atoms with Gasteiger partial charge in [0.05, 0.1) is 9.40 Å². The van der Waals surface area contributed by atoms with Gasteiger partial charge in [-0.05, 0) is 46.9 Å². The lowest BCUT2D eigenvalue weighted by atomic mass is 9.82. The molecule has 0 saturated heterocycles. The zero-order valence-corrected chi connectivity index (χ0v) is 18.3. The summed E-state index contributed by atoms with van der Waals surface area (Å²) in [6.07, 6.45) is 2.33. The molecule has 0 atom stereocenters. The molecule has 2 aromatic carbocycles. The lowest BCUT2D eigenvalue weighted by Gasteiger charge is -2.23. The minimum atomic E-state index is 0.244. The van der Waals surface area contributed by atoms with Crippen LogP contribution >= 0.6 is 22.7 Å². The van der Waals surface area contributed by atoms with Crippen LogP contribution in [0.2, 0.25) is 0 Å². The van der Waals surface area contributed by atoms with E-state index < -0.39 is 0 Å². The van der Waals surface area contributed by atoms with Crippen molar-refractivity contribution in [1.29, 1.82) is 0 Å². The average molecular weight is 381 g/mol. The topological polar surface area (TPSA) is 0 Å². The largest absolute Gasteiger partial charge is 0.134 e. The Balaban J connectivity index is 1.92. The molecule has 0 nitrogen and oxygen atoms in total. The molecule has 26 heavy (non-hydrogen) atoms. The van der Waals surface area contributed by atoms with Crippen LogP contribution in [-0.2, 0) is 10.8 Å². The Morgan fingerprint density at radius 2 is 1.04 bits per heavy atom. The van der Waals surface area contributed by atoms with Crippen molar-refractivity contribution in [3.05, 3.63) is 47.5 Å². The SMILES string of the molecule is CCC(C)(C)c1ccc2c(c1)sc1c3ccc(C(C)(C)CC)cc3sc21. The van der Waals surface area contributed by atoms with Gasteiger partial charge in [0.2, 0.25) is 0 Å². The second-order valence-corrected chi connectivity index (χ2v) is 10.9. The molecule has 136 valence electrons. The van der Waals surface area contributed by atoms with Crippen LogP contribution < -0.4 is 0 Å². The van der Waals surface area contributed by atoms with Crippen LogP contribution in [-0.4, -0.2) is 0 Å². The van der Waals surface area contributed by atoms with Crippen molar-refractivity contribution in [2.75, 3.05) is 0 Å². The summed E-state index contributed by atoms with van der Waals surface area (Å²) in [6, 6.07) is 14.2. The van der Waals surface area contributed by atoms with Crippen molar-refractivity contribution < 1.29 is 0 Å². The van der Waals surface area contributed by atoms with Gasteiger partial charge in [-0.15, -0.1) is 22.7 Å². The van der Waals surface area contributed by atoms with Gasteiger partial charge in [-0.3, -0.25) is 0 Å². The van der Waals surface area contributed by atoms with Crippen molar-refractivity contribution in [3.63, 3.8) is 0 Å². The summed E-state index contributed by atoms with van der Waals surface area (Å²) in [5.41, 5.74) is 3.40. The van der Waals surface area contributed by atoms with E-state index in [9.17, 15) is 0 Å². The van der Waals surface area contributed by atoms with Crippen molar-refractivity contribution >= 4 is 52.2 Å². The summed E-state index contributed by atoms with van der Waals surface area (Å²) in [5, 5.41) is 2.86. The Labute approximate surface area is 164 Å². The third kappa shape index (κ3) is 2.70. The molecule has 0 aliphatic heterocycles. The van der Waals surface area contributed by atoms with E-state index in [2.05, 4.69) is 77.9 Å². The van der Waals surface area contributed by atoms with E-state index in [1.54, 1.807) is 0 Å². The quantitative estimate of drug-likeness (QED) is 0.332. The summed E-state index contributed by atoms with van der Waals surface area (Å²) in [5.74, 6) is 0. The summed E-state index contributed by atoms with van der Waals surface area (Å²) in [4.78, 5) is 0. The van der Waals surface area contributed by atoms with Crippen LogP contribution in [0.25, 0.3) is 29.6 Å². The Kier molecular flexibility index (Phi) is 4.20. The lowest BCUT2D eigenvalue weighted by Crippen LogP contribution is -2.14. The number of fused-ring (bicyclic) bond motifs is 5. The Hall–Kier alpha value is -1.38. The van der Waals surface area contributed by atoms with E-state index in [0.29, 0.717) is 0 Å². The number of rotatable bonds is 4. The molecule has 4 rings (SSSR count). The van der Waals surface area contributed by atoms with E-state index in [-0.39, 0.29) is 10.8 Å². The maximum absolute atomic E-state index is 2.43. The molecule has 0 aliphatic carbocycles. The molecule has 0 amide bonds. The fraction of sp³-hybridized carbons (Fsp3) is 0.417. The minimum Gasteiger partial charge on any atom is -0.134 e. The van der Waals surface area contributed by atoms with Crippen LogP contribution in [0.4, 0.5) is 0 Å². The third-order valence-electron chi connectivity index (χ3n) is 6.41. The highest BCUT2D eigenvalue weighted by molar-refractivity contribution is 7.36. The molecule has 0 spiro atoms. The first-order valence-electron chi connectivity index (χ1n) is 9.66. The van der Waals surface area contributed by atoms with Crippen LogP contribution in [0.15, 0.2) is 36.4 Å². The predicted octanol–water partition coefficient (Wildman–Crippen LogP) is 8.64. The predicted molar refractivity (Wildman–Crippen MR) is 121 cm³/mol. The number of hydrogen-bond acceptors (Lipinski definition) is 2. The van der Waals surface area contributed by atoms with Gasteiger partial charge in [0.1, 0.15) is 0 Å². The highest BCUT2D eigenvalue weighted by atomic mass is 32.1. The molecule has 2 heteroatoms. The van der Waals surface area contributed by atoms with Gasteiger partial charge in [-0.1, -0.05) is 65.8 Å². The fourth-order valence-corrected chi connectivity index (χ4v) is 6.24. The van der Waals surface area contributed by atoms with E-state index in [1.165, 1.54) is 40.7 Å². The Bertz CT molecular complexity index is 1020. The highest BCUT2D eigenvalue weighted by Gasteiger charge is 2.22. The first-order chi connectivity index (χ1) is 12.3. The number of thiophene rings is 2. The van der Waals surface area contributed by atoms with Crippen LogP contribution in [0.1, 0.15) is 65.5 Å². The van der Waals surface area contributed by atoms with Gasteiger partial charge < -0.3 is 0 Å². The molecule has 4 aromatic rings. The van der Waals surface area contributed by atoms with Crippen molar-refractivity contribution in [2.45, 2.75) is 65.2 Å². The molecule has 0 bridgehead atoms. The first kappa shape index (κ1) is 18.0. The van der Waals surface area contributed by atoms with E-state index in [0.717, 1.165) is 12.8 Å². The number of benzene rings is 2. The summed E-state index contributed by atoms with van der Waals surface area (Å²) >= 11 is 3.94. The van der Waals surface area contributed by atoms with Gasteiger partial charge in [-0.2, -0.15) is 0 Å². The zero-order valence-electron chi connectivity index (χ0n) is 16.7. The third-order valence-corrected chi connectivity index (χ3v) is 8.91. The van der Waals surface area contributed by atoms with E-state index in [4.69, 9.17) is 0 Å². The van der Waals surface area contributed by atoms with Crippen molar-refractivity contribution in [3.8, 4) is 0 Å². The molecule has 2 heterocycles. The van der Waals surface area contributed by atoms with E-state index >= 15 is 0 Å². The van der Waals surface area contributed by atoms with Crippen LogP contribution in [0, 0.1) is 0 Å². The van der Waals surface area contributed by atoms with Gasteiger partial charge in [0.15, 0.2) is 0 Å². The molecule has 0 fully saturated rings. The first-order valence-corrected chi connectivity index (χ1v) is 11.3. The van der Waals surface area contributed by atoms with Crippen LogP contribution in [0.5, 0.6) is 0 Å². The minimum absolute atomic E-state index is 0.244. The molecule has 0 unspecified atom stereocenters. The number of hydrogen-bond donors (Lipinski definition) is 0. The summed E-state index contributed by atoms with van der Waals surface area (Å²) in [6.45, 7) is 13.9. The molecular formula is C24H28S2. The summed E-state index contributed by atoms with van der Waals surface area (Å²) in [7, 11) is 0. The second-order valence-electron chi connectivity index (χ2n) is 8.76. The van der Waals surface area contributed by atoms with Gasteiger partial charge in [-0.25, -0.2) is 0 Å². The van der Waals surface area contributed by atoms with Gasteiger partial charge in [0.25, 0.3) is 0 Å². The maximum Gasteiger partial charge on any atom is 0.0542 e. The fourth-order valence-electron chi connectivity index (χ4n) is 3.51. The Morgan fingerprint density at radius 3 is 1.38 bits per heavy atom. The Morgan fingerprint density at radius 1 is 0.654 bits per heavy atom. The van der Waals surface area contributed by atoms with Crippen molar-refractivity contribution in [1.82, 2.24) is 0 Å². The molecule has 2 aromatic heterocycles. The lowest BCUT2D eigenvalue weighted by molar-refractivity contribution is 0.507. The maximum atomic E-state index is 2.43. The molecule has 0 N–H and O–H groups in total. The zero-order chi connectivity index (χ0) is 18.7. The standard InChI is InChI=1S/C24H28S2/c1-7-23(3,4)15-9-11-17-19(13-15)25-22-18-12-10-16(24(5,6)8-2)14-20(18)26-21(17)22/h9-14H,7-8H2,1-6H3. The molecular weight excluding hydrogens is 352 g/mol. The average Bonchev–Trinajstić information content (AvgIpc) is 3.16. The van der Waals surface area contributed by atoms with Gasteiger partial charge in [0, 0.05) is 20.2 Å². The van der Waals surface area contributed by atoms with E-state index in [1.807, 2.05) is 22.7 Å². The second kappa shape index (κ2) is 6.07. The monoisotopic (exact) mass is 380 g/mol. The molecule has 0 aliphatic rings. The van der Waals surface area contributed by atoms with Crippen LogP contribution in [0.3, 0.4) is 0 Å². The molecule has 0 saturated carbocycles. The van der Waals surface area contributed by atoms with Crippen molar-refractivity contribution in [2.24, 2.45) is 0 Å². The highest BCUT2D eigenvalue weighted by Crippen LogP contribution is 2.46. The normalized spacial score (nSPS) is 13.3. The summed E-state index contributed by atoms with van der Waals surface area (Å²) < 4.78 is 5.80. The smallest absolute Gasteiger partial charge is 0.0542 e. The molecule has 0 radical (unpaired) electrons.